The summed E-state index contributed by atoms with van der Waals surface area (Å²) >= 11 is 0. The van der Waals surface area contributed by atoms with Gasteiger partial charge in [-0.1, -0.05) is 30.3 Å². The van der Waals surface area contributed by atoms with Gasteiger partial charge in [0.1, 0.15) is 5.58 Å². The van der Waals surface area contributed by atoms with Crippen molar-refractivity contribution in [1.82, 2.24) is 5.32 Å². The van der Waals surface area contributed by atoms with Gasteiger partial charge in [0.2, 0.25) is 16.9 Å². The average molecular weight is 417 g/mol. The number of fused-ring (bicyclic) bond motifs is 1. The first-order chi connectivity index (χ1) is 14.9. The number of carbonyl (C=O) groups excluding carboxylic acids is 1. The maximum atomic E-state index is 13.2. The van der Waals surface area contributed by atoms with Crippen molar-refractivity contribution in [2.45, 2.75) is 26.8 Å². The molecule has 0 bridgehead atoms. The highest BCUT2D eigenvalue weighted by atomic mass is 16.5. The minimum atomic E-state index is -0.348. The second-order valence-corrected chi connectivity index (χ2v) is 7.49. The molecule has 0 aliphatic carbocycles. The normalized spacial score (nSPS) is 12.0. The molecular weight excluding hydrogens is 394 g/mol. The van der Waals surface area contributed by atoms with Crippen LogP contribution in [0.25, 0.3) is 22.5 Å². The molecule has 1 atom stereocenters. The average Bonchev–Trinajstić information content (AvgIpc) is 3.30. The Labute approximate surface area is 179 Å². The van der Waals surface area contributed by atoms with Crippen LogP contribution >= 0.6 is 0 Å². The van der Waals surface area contributed by atoms with Crippen molar-refractivity contribution in [3.8, 4) is 17.3 Å². The van der Waals surface area contributed by atoms with Gasteiger partial charge in [-0.3, -0.25) is 9.59 Å². The van der Waals surface area contributed by atoms with Crippen LogP contribution in [-0.4, -0.2) is 12.5 Å². The van der Waals surface area contributed by atoms with E-state index in [2.05, 4.69) is 5.32 Å². The van der Waals surface area contributed by atoms with Gasteiger partial charge in [-0.2, -0.15) is 0 Å². The predicted molar refractivity (Wildman–Crippen MR) is 118 cm³/mol. The molecule has 0 spiro atoms. The minimum Gasteiger partial charge on any atom is -0.476 e. The van der Waals surface area contributed by atoms with E-state index in [-0.39, 0.29) is 35.5 Å². The number of nitrogens with one attached hydrogen (secondary N) is 1. The lowest BCUT2D eigenvalue weighted by atomic mass is 10.1. The lowest BCUT2D eigenvalue weighted by Crippen LogP contribution is -2.32. The summed E-state index contributed by atoms with van der Waals surface area (Å²) < 4.78 is 17.1. The van der Waals surface area contributed by atoms with Crippen LogP contribution in [0.5, 0.6) is 5.75 Å². The number of ether oxygens (including phenoxy) is 1. The smallest absolute Gasteiger partial charge is 0.258 e. The van der Waals surface area contributed by atoms with E-state index in [1.165, 1.54) is 6.26 Å². The lowest BCUT2D eigenvalue weighted by molar-refractivity contribution is -0.123. The molecule has 1 N–H and O–H groups in total. The summed E-state index contributed by atoms with van der Waals surface area (Å²) in [7, 11) is 0. The number of hydrogen-bond donors (Lipinski definition) is 1. The molecule has 0 aliphatic heterocycles. The summed E-state index contributed by atoms with van der Waals surface area (Å²) in [5.74, 6) is 0.120. The maximum absolute atomic E-state index is 13.2. The zero-order valence-electron chi connectivity index (χ0n) is 17.6. The van der Waals surface area contributed by atoms with Gasteiger partial charge in [-0.15, -0.1) is 0 Å². The fourth-order valence-electron chi connectivity index (χ4n) is 3.38. The third-order valence-corrected chi connectivity index (χ3v) is 5.23. The number of hydrogen-bond acceptors (Lipinski definition) is 5. The molecule has 2 aromatic heterocycles. The molecule has 2 aromatic carbocycles. The number of rotatable bonds is 6. The van der Waals surface area contributed by atoms with E-state index in [0.29, 0.717) is 16.7 Å². The van der Waals surface area contributed by atoms with Crippen molar-refractivity contribution < 1.29 is 18.4 Å². The van der Waals surface area contributed by atoms with E-state index in [1.807, 2.05) is 57.2 Å². The van der Waals surface area contributed by atoms with Crippen molar-refractivity contribution in [3.63, 3.8) is 0 Å². The highest BCUT2D eigenvalue weighted by molar-refractivity contribution is 5.83. The Balaban J connectivity index is 1.64. The summed E-state index contributed by atoms with van der Waals surface area (Å²) in [6.45, 7) is 5.43. The Morgan fingerprint density at radius 1 is 1.06 bits per heavy atom. The van der Waals surface area contributed by atoms with Crippen LogP contribution in [0, 0.1) is 13.8 Å². The zero-order valence-corrected chi connectivity index (χ0v) is 17.6. The van der Waals surface area contributed by atoms with Crippen LogP contribution in [0.1, 0.15) is 29.7 Å². The summed E-state index contributed by atoms with van der Waals surface area (Å²) in [6, 6.07) is 16.4. The second-order valence-electron chi connectivity index (χ2n) is 7.49. The minimum absolute atomic E-state index is 0.0479. The molecule has 0 aliphatic rings. The number of furan rings is 1. The molecule has 158 valence electrons. The summed E-state index contributed by atoms with van der Waals surface area (Å²) in [5, 5.41) is 3.27. The summed E-state index contributed by atoms with van der Waals surface area (Å²) in [5.41, 5.74) is 3.03. The number of carbonyl (C=O) groups is 1. The molecule has 6 heteroatoms. The molecule has 1 amide bonds. The molecule has 6 nitrogen and oxygen atoms in total. The Morgan fingerprint density at radius 2 is 1.81 bits per heavy atom. The molecule has 0 radical (unpaired) electrons. The first-order valence-electron chi connectivity index (χ1n) is 10.0. The van der Waals surface area contributed by atoms with E-state index in [1.54, 1.807) is 18.2 Å². The van der Waals surface area contributed by atoms with E-state index in [9.17, 15) is 9.59 Å². The van der Waals surface area contributed by atoms with Crippen molar-refractivity contribution >= 4 is 16.9 Å². The zero-order chi connectivity index (χ0) is 22.0. The molecule has 0 fully saturated rings. The maximum Gasteiger partial charge on any atom is 0.258 e. The van der Waals surface area contributed by atoms with Gasteiger partial charge in [-0.05, 0) is 61.7 Å². The molecule has 0 saturated heterocycles. The van der Waals surface area contributed by atoms with Gasteiger partial charge in [0, 0.05) is 0 Å². The fraction of sp³-hybridized carbons (Fsp3) is 0.200. The molecule has 4 rings (SSSR count). The summed E-state index contributed by atoms with van der Waals surface area (Å²) in [6.07, 6.45) is 1.48. The predicted octanol–water partition coefficient (Wildman–Crippen LogP) is 4.93. The SMILES string of the molecule is Cc1cc2oc(-c3ccco3)c(OCC(=O)N[C@H](C)c3ccccc3)c(=O)c2cc1C. The first kappa shape index (κ1) is 20.5. The van der Waals surface area contributed by atoms with E-state index < -0.39 is 0 Å². The Bertz CT molecular complexity index is 1270. The summed E-state index contributed by atoms with van der Waals surface area (Å²) in [4.78, 5) is 25.7. The second kappa shape index (κ2) is 8.52. The molecule has 0 saturated carbocycles. The van der Waals surface area contributed by atoms with E-state index >= 15 is 0 Å². The Morgan fingerprint density at radius 3 is 2.52 bits per heavy atom. The Hall–Kier alpha value is -3.80. The van der Waals surface area contributed by atoms with Gasteiger partial charge >= 0.3 is 0 Å². The highest BCUT2D eigenvalue weighted by Gasteiger charge is 2.21. The number of benzene rings is 2. The van der Waals surface area contributed by atoms with Crippen LogP contribution < -0.4 is 15.5 Å². The molecular formula is C25H23NO5. The fourth-order valence-corrected chi connectivity index (χ4v) is 3.38. The molecule has 31 heavy (non-hydrogen) atoms. The van der Waals surface area contributed by atoms with Crippen molar-refractivity contribution in [3.05, 3.63) is 87.8 Å². The third kappa shape index (κ3) is 4.23. The van der Waals surface area contributed by atoms with Crippen molar-refractivity contribution in [2.24, 2.45) is 0 Å². The Kier molecular flexibility index (Phi) is 5.62. The van der Waals surface area contributed by atoms with E-state index in [4.69, 9.17) is 13.6 Å². The van der Waals surface area contributed by atoms with Gasteiger partial charge in [0.15, 0.2) is 12.4 Å². The number of aryl methyl sites for hydroxylation is 2. The van der Waals surface area contributed by atoms with Crippen LogP contribution in [0.3, 0.4) is 0 Å². The van der Waals surface area contributed by atoms with Crippen molar-refractivity contribution in [1.29, 1.82) is 0 Å². The largest absolute Gasteiger partial charge is 0.476 e. The van der Waals surface area contributed by atoms with Gasteiger partial charge in [-0.25, -0.2) is 0 Å². The number of amides is 1. The molecule has 0 unspecified atom stereocenters. The monoisotopic (exact) mass is 417 g/mol. The standard InChI is InChI=1S/C25H23NO5/c1-15-12-19-21(13-16(15)2)31-24(20-10-7-11-29-20)25(23(19)28)30-14-22(27)26-17(3)18-8-5-4-6-9-18/h4-13,17H,14H2,1-3H3,(H,26,27)/t17-/m1/s1. The highest BCUT2D eigenvalue weighted by Crippen LogP contribution is 2.32. The third-order valence-electron chi connectivity index (χ3n) is 5.23. The van der Waals surface area contributed by atoms with Gasteiger partial charge in [0.05, 0.1) is 17.7 Å². The van der Waals surface area contributed by atoms with Crippen LogP contribution in [-0.2, 0) is 4.79 Å². The van der Waals surface area contributed by atoms with Crippen molar-refractivity contribution in [2.75, 3.05) is 6.61 Å². The topological polar surface area (TPSA) is 81.7 Å². The van der Waals surface area contributed by atoms with Crippen LogP contribution in [0.2, 0.25) is 0 Å². The first-order valence-corrected chi connectivity index (χ1v) is 10.0. The van der Waals surface area contributed by atoms with Gasteiger partial charge in [0.25, 0.3) is 5.91 Å². The van der Waals surface area contributed by atoms with E-state index in [0.717, 1.165) is 16.7 Å². The van der Waals surface area contributed by atoms with Crippen LogP contribution in [0.15, 0.2) is 74.5 Å². The lowest BCUT2D eigenvalue weighted by Gasteiger charge is -2.15. The quantitative estimate of drug-likeness (QED) is 0.481. The molecule has 4 aromatic rings. The molecule has 2 heterocycles. The van der Waals surface area contributed by atoms with Crippen LogP contribution in [0.4, 0.5) is 0 Å². The van der Waals surface area contributed by atoms with Gasteiger partial charge < -0.3 is 18.9 Å².